The summed E-state index contributed by atoms with van der Waals surface area (Å²) >= 11 is 0. The fourth-order valence-corrected chi connectivity index (χ4v) is 5.04. The van der Waals surface area contributed by atoms with Crippen LogP contribution in [0.15, 0.2) is 97.1 Å². The molecular weight excluding hydrogens is 684 g/mol. The van der Waals surface area contributed by atoms with Gasteiger partial charge in [-0.3, -0.25) is 9.69 Å². The highest BCUT2D eigenvalue weighted by Gasteiger charge is 2.52. The van der Waals surface area contributed by atoms with E-state index in [2.05, 4.69) is 5.32 Å². The molecule has 1 heterocycles. The second kappa shape index (κ2) is 15.8. The van der Waals surface area contributed by atoms with E-state index in [1.165, 1.54) is 7.11 Å². The summed E-state index contributed by atoms with van der Waals surface area (Å²) < 4.78 is 95.0. The van der Waals surface area contributed by atoms with Crippen molar-refractivity contribution in [3.05, 3.63) is 130 Å². The smallest absolute Gasteiger partial charge is 0.416 e. The van der Waals surface area contributed by atoms with Gasteiger partial charge in [0.15, 0.2) is 11.5 Å². The van der Waals surface area contributed by atoms with Gasteiger partial charge in [-0.2, -0.15) is 26.3 Å². The lowest BCUT2D eigenvalue weighted by molar-refractivity contribution is -0.143. The summed E-state index contributed by atoms with van der Waals surface area (Å²) in [5.74, 6) is 2.25. The summed E-state index contributed by atoms with van der Waals surface area (Å²) in [5, 5.41) is 2.61. The molecule has 4 aromatic carbocycles. The molecule has 1 saturated heterocycles. The second-order valence-corrected chi connectivity index (χ2v) is 11.1. The summed E-state index contributed by atoms with van der Waals surface area (Å²) in [7, 11) is 3.07. The first kappa shape index (κ1) is 38.0. The highest BCUT2D eigenvalue weighted by molar-refractivity contribution is 6.07. The van der Waals surface area contributed by atoms with Crippen LogP contribution in [0.2, 0.25) is 0 Å². The largest absolute Gasteiger partial charge is 0.497 e. The molecule has 51 heavy (non-hydrogen) atoms. The maximum atomic E-state index is 13.6. The quantitative estimate of drug-likeness (QED) is 0.106. The van der Waals surface area contributed by atoms with Crippen LogP contribution in [-0.2, 0) is 45.4 Å². The van der Waals surface area contributed by atoms with Crippen molar-refractivity contribution >= 4 is 23.6 Å². The minimum atomic E-state index is -5.02. The third-order valence-electron chi connectivity index (χ3n) is 7.69. The molecule has 0 saturated carbocycles. The fourth-order valence-electron chi connectivity index (χ4n) is 5.04. The lowest BCUT2D eigenvalue weighted by Crippen LogP contribution is -2.48. The van der Waals surface area contributed by atoms with E-state index in [1.807, 2.05) is 0 Å². The van der Waals surface area contributed by atoms with Gasteiger partial charge in [0.25, 0.3) is 5.91 Å². The number of methoxy groups -OCH3 is 2. The highest BCUT2D eigenvalue weighted by Crippen LogP contribution is 2.37. The maximum Gasteiger partial charge on any atom is 0.416 e. The molecule has 1 aliphatic heterocycles. The molecule has 3 amide bonds. The molecule has 3 N–H and O–H groups in total. The molecule has 0 bridgehead atoms. The number of halogens is 6. The Morgan fingerprint density at radius 2 is 1.31 bits per heavy atom. The van der Waals surface area contributed by atoms with Crippen LogP contribution in [-0.4, -0.2) is 43.6 Å². The van der Waals surface area contributed by atoms with Gasteiger partial charge in [0.1, 0.15) is 17.2 Å². The third-order valence-corrected chi connectivity index (χ3v) is 7.69. The first-order valence-electron chi connectivity index (χ1n) is 14.9. The molecule has 1 fully saturated rings. The minimum absolute atomic E-state index is 0.0206. The van der Waals surface area contributed by atoms with Crippen molar-refractivity contribution in [2.24, 2.45) is 5.73 Å². The predicted octanol–water partition coefficient (Wildman–Crippen LogP) is 6.72. The van der Waals surface area contributed by atoms with Crippen molar-refractivity contribution in [1.29, 1.82) is 0 Å². The number of imide groups is 1. The number of ether oxygens (including phenoxy) is 3. The topological polar surface area (TPSA) is 120 Å². The molecule has 0 aromatic heterocycles. The van der Waals surface area contributed by atoms with Gasteiger partial charge in [-0.15, -0.1) is 0 Å². The van der Waals surface area contributed by atoms with E-state index in [1.54, 1.807) is 91.9 Å². The van der Waals surface area contributed by atoms with Crippen LogP contribution in [0.25, 0.3) is 5.70 Å². The van der Waals surface area contributed by atoms with E-state index in [0.29, 0.717) is 34.6 Å². The zero-order valence-corrected chi connectivity index (χ0v) is 27.1. The van der Waals surface area contributed by atoms with Gasteiger partial charge in [-0.25, -0.2) is 9.59 Å². The Labute approximate surface area is 288 Å². The van der Waals surface area contributed by atoms with Crippen LogP contribution >= 0.6 is 0 Å². The molecule has 268 valence electrons. The number of carbonyl (C=O) groups is 2. The fraction of sp³-hybridized carbons (Fsp3) is 0.222. The number of hydrogen-bond donors (Lipinski definition) is 2. The van der Waals surface area contributed by atoms with Gasteiger partial charge in [0.05, 0.1) is 45.1 Å². The Kier molecular flexibility index (Phi) is 11.8. The van der Waals surface area contributed by atoms with Crippen LogP contribution < -0.4 is 20.5 Å². The van der Waals surface area contributed by atoms with Crippen molar-refractivity contribution in [1.82, 2.24) is 10.2 Å². The van der Waals surface area contributed by atoms with Crippen LogP contribution in [0.1, 0.15) is 33.4 Å². The van der Waals surface area contributed by atoms with Crippen LogP contribution in [0, 0.1) is 0 Å². The number of nitrogens with zero attached hydrogens (tertiary/aromatic N) is 1. The minimum Gasteiger partial charge on any atom is -0.497 e. The molecule has 0 aliphatic carbocycles. The van der Waals surface area contributed by atoms with Gasteiger partial charge in [0.2, 0.25) is 0 Å². The van der Waals surface area contributed by atoms with Gasteiger partial charge >= 0.3 is 18.4 Å². The number of amides is 3. The molecule has 1 atom stereocenters. The molecule has 4 aromatic rings. The van der Waals surface area contributed by atoms with Crippen molar-refractivity contribution in [2.45, 2.75) is 31.0 Å². The molecule has 9 nitrogen and oxygen atoms in total. The lowest BCUT2D eigenvalue weighted by Gasteiger charge is -2.27. The number of nitrogens with one attached hydrogen (secondary N) is 1. The van der Waals surface area contributed by atoms with Gasteiger partial charge < -0.3 is 25.3 Å². The van der Waals surface area contributed by atoms with Crippen LogP contribution in [0.5, 0.6) is 11.5 Å². The van der Waals surface area contributed by atoms with E-state index in [0.717, 1.165) is 10.6 Å². The highest BCUT2D eigenvalue weighted by atomic mass is 19.4. The number of benzene rings is 4. The maximum absolute atomic E-state index is 13.6. The number of urea groups is 1. The zero-order chi connectivity index (χ0) is 37.4. The number of alkyl halides is 6. The predicted molar refractivity (Wildman–Crippen MR) is 173 cm³/mol. The Hall–Kier alpha value is -5.79. The molecule has 15 heteroatoms. The van der Waals surface area contributed by atoms with E-state index >= 15 is 0 Å². The molecule has 0 spiro atoms. The Bertz CT molecular complexity index is 1840. The Morgan fingerprint density at radius 3 is 1.80 bits per heavy atom. The van der Waals surface area contributed by atoms with Crippen molar-refractivity contribution in [3.8, 4) is 11.5 Å². The van der Waals surface area contributed by atoms with Crippen LogP contribution in [0.4, 0.5) is 31.1 Å². The van der Waals surface area contributed by atoms with E-state index < -0.39 is 59.7 Å². The SMILES string of the molecule is COc1ccc(C(N)=C=O)cc1.COc1ccc(CN2C(=O)N[C@](COCc3cc(C(F)(F)F)cc(C(F)(F)F)c3)(c3ccccc3)C2=O)cc1. The molecule has 1 aliphatic rings. The summed E-state index contributed by atoms with van der Waals surface area (Å²) in [6.45, 7) is -1.31. The Morgan fingerprint density at radius 1 is 0.784 bits per heavy atom. The van der Waals surface area contributed by atoms with Crippen molar-refractivity contribution in [3.63, 3.8) is 0 Å². The molecular formula is C36H31F6N3O6. The summed E-state index contributed by atoms with van der Waals surface area (Å²) in [5.41, 5.74) is 1.95. The first-order chi connectivity index (χ1) is 24.1. The van der Waals surface area contributed by atoms with Gasteiger partial charge in [0, 0.05) is 5.56 Å². The number of hydrogen-bond acceptors (Lipinski definition) is 7. The molecule has 0 unspecified atom stereocenters. The second-order valence-electron chi connectivity index (χ2n) is 11.1. The lowest BCUT2D eigenvalue weighted by atomic mass is 9.90. The molecule has 0 radical (unpaired) electrons. The number of nitrogens with two attached hydrogens (primary N) is 1. The summed E-state index contributed by atoms with van der Waals surface area (Å²) in [4.78, 5) is 37.6. The number of rotatable bonds is 10. The average molecular weight is 716 g/mol. The normalized spacial score (nSPS) is 15.7. The summed E-state index contributed by atoms with van der Waals surface area (Å²) in [6, 6.07) is 22.0. The van der Waals surface area contributed by atoms with Crippen molar-refractivity contribution in [2.75, 3.05) is 20.8 Å². The standard InChI is InChI=1S/C27H22F6N2O4.C9H9NO2/c1-38-22-9-7-17(8-10-22)14-35-23(36)25(34-24(35)37,19-5-3-2-4-6-19)16-39-15-18-11-20(26(28,29)30)13-21(12-18)27(31,32)33;1-12-8-4-2-7(3-5-8)9(10)6-11/h2-13H,14-16H2,1H3,(H,34,37);2-5H,10H2,1H3/t25-;/m1./s1. The average Bonchev–Trinajstić information content (AvgIpc) is 3.36. The summed E-state index contributed by atoms with van der Waals surface area (Å²) in [6.07, 6.45) is -10.0. The first-order valence-corrected chi connectivity index (χ1v) is 14.9. The molecule has 5 rings (SSSR count). The third kappa shape index (κ3) is 9.26. The van der Waals surface area contributed by atoms with E-state index in [4.69, 9.17) is 19.9 Å². The van der Waals surface area contributed by atoms with Crippen molar-refractivity contribution < 1.29 is 54.9 Å². The van der Waals surface area contributed by atoms with Gasteiger partial charge in [-0.1, -0.05) is 42.5 Å². The van der Waals surface area contributed by atoms with E-state index in [9.17, 15) is 40.7 Å². The monoisotopic (exact) mass is 715 g/mol. The van der Waals surface area contributed by atoms with Crippen LogP contribution in [0.3, 0.4) is 0 Å². The number of carbonyl (C=O) groups excluding carboxylic acids is 3. The zero-order valence-electron chi connectivity index (χ0n) is 27.1. The van der Waals surface area contributed by atoms with Gasteiger partial charge in [-0.05, 0) is 71.3 Å². The van der Waals surface area contributed by atoms with E-state index in [-0.39, 0.29) is 18.3 Å². The Balaban J connectivity index is 0.000000411.